The van der Waals surface area contributed by atoms with Crippen LogP contribution in [0.1, 0.15) is 25.5 Å². The molecule has 12 heteroatoms. The third-order valence-corrected chi connectivity index (χ3v) is 7.06. The maximum atomic E-state index is 11.2. The second-order valence-corrected chi connectivity index (χ2v) is 9.24. The number of amides is 1. The Morgan fingerprint density at radius 3 is 2.65 bits per heavy atom. The smallest absolute Gasteiger partial charge is 0.405 e. The summed E-state index contributed by atoms with van der Waals surface area (Å²) in [6.45, 7) is 2.96. The molecule has 3 aromatic heterocycles. The van der Waals surface area contributed by atoms with Crippen LogP contribution in [0, 0.1) is 11.3 Å². The van der Waals surface area contributed by atoms with Gasteiger partial charge in [-0.2, -0.15) is 15.3 Å². The first-order chi connectivity index (χ1) is 16.2. The standard InChI is InChI=1S/C22H20Cl2N8O2/c1-22(34-20(26)33)5-7-32(8-6-22)21-28-14(9-25)15-12(10-27-19(15)29-21)11-3-4-13-16(17(11)23)18(24)31(2)30-13/h3-4,10H,5-8H2,1-2H3,(H2,26,33)(H,27,28,29). The SMILES string of the molecule is Cn1nc2ccc(-c3c[nH]c4nc(N5CCC(C)(OC(N)=O)CC5)nc(C#N)c34)c(Cl)c2c1Cl. The Balaban J connectivity index is 1.54. The summed E-state index contributed by atoms with van der Waals surface area (Å²) < 4.78 is 6.83. The van der Waals surface area contributed by atoms with Crippen molar-refractivity contribution in [2.45, 2.75) is 25.4 Å². The Hall–Kier alpha value is -3.55. The quantitative estimate of drug-likeness (QED) is 0.432. The van der Waals surface area contributed by atoms with Crippen LogP contribution >= 0.6 is 23.2 Å². The number of benzene rings is 1. The number of anilines is 1. The second kappa shape index (κ2) is 8.04. The first-order valence-corrected chi connectivity index (χ1v) is 11.3. The fraction of sp³-hybridized carbons (Fsp3) is 0.318. The van der Waals surface area contributed by atoms with Crippen molar-refractivity contribution in [1.29, 1.82) is 5.26 Å². The van der Waals surface area contributed by atoms with Crippen molar-refractivity contribution >= 4 is 57.2 Å². The number of nitrogens with one attached hydrogen (secondary N) is 1. The van der Waals surface area contributed by atoms with Crippen LogP contribution in [0.5, 0.6) is 0 Å². The zero-order chi connectivity index (χ0) is 24.2. The number of aryl methyl sites for hydroxylation is 1. The molecule has 1 aliphatic heterocycles. The third-order valence-electron chi connectivity index (χ3n) is 6.23. The van der Waals surface area contributed by atoms with Crippen molar-refractivity contribution in [1.82, 2.24) is 24.7 Å². The number of nitrogens with zero attached hydrogens (tertiary/aromatic N) is 6. The van der Waals surface area contributed by atoms with E-state index in [0.29, 0.717) is 75.1 Å². The molecule has 0 spiro atoms. The summed E-state index contributed by atoms with van der Waals surface area (Å²) >= 11 is 13.1. The van der Waals surface area contributed by atoms with E-state index in [4.69, 9.17) is 33.7 Å². The van der Waals surface area contributed by atoms with Crippen LogP contribution in [0.15, 0.2) is 18.3 Å². The fourth-order valence-electron chi connectivity index (χ4n) is 4.40. The Morgan fingerprint density at radius 2 is 1.97 bits per heavy atom. The molecule has 10 nitrogen and oxygen atoms in total. The molecular formula is C22H20Cl2N8O2. The van der Waals surface area contributed by atoms with Gasteiger partial charge in [-0.25, -0.2) is 9.78 Å². The minimum absolute atomic E-state index is 0.228. The average Bonchev–Trinajstić information content (AvgIpc) is 3.34. The number of H-pyrrole nitrogens is 1. The zero-order valence-electron chi connectivity index (χ0n) is 18.4. The molecule has 1 saturated heterocycles. The van der Waals surface area contributed by atoms with E-state index in [2.05, 4.69) is 26.1 Å². The predicted molar refractivity (Wildman–Crippen MR) is 129 cm³/mol. The number of nitrogens with two attached hydrogens (primary N) is 1. The number of ether oxygens (including phenoxy) is 1. The molecule has 0 radical (unpaired) electrons. The summed E-state index contributed by atoms with van der Waals surface area (Å²) in [4.78, 5) is 25.5. The lowest BCUT2D eigenvalue weighted by Crippen LogP contribution is -2.46. The van der Waals surface area contributed by atoms with Crippen LogP contribution in [-0.4, -0.2) is 49.5 Å². The Morgan fingerprint density at radius 1 is 1.24 bits per heavy atom. The van der Waals surface area contributed by atoms with E-state index in [0.717, 1.165) is 0 Å². The lowest BCUT2D eigenvalue weighted by Gasteiger charge is -2.38. The maximum absolute atomic E-state index is 11.2. The van der Waals surface area contributed by atoms with Gasteiger partial charge in [0.2, 0.25) is 5.95 Å². The van der Waals surface area contributed by atoms with Gasteiger partial charge in [-0.3, -0.25) is 4.68 Å². The monoisotopic (exact) mass is 498 g/mol. The number of aromatic nitrogens is 5. The summed E-state index contributed by atoms with van der Waals surface area (Å²) in [5.74, 6) is 0.426. The number of halogens is 2. The molecule has 4 aromatic rings. The molecule has 1 aromatic carbocycles. The van der Waals surface area contributed by atoms with Crippen LogP contribution < -0.4 is 10.6 Å². The van der Waals surface area contributed by atoms with Crippen molar-refractivity contribution in [3.8, 4) is 17.2 Å². The molecule has 3 N–H and O–H groups in total. The molecule has 0 atom stereocenters. The maximum Gasteiger partial charge on any atom is 0.405 e. The number of primary amides is 1. The summed E-state index contributed by atoms with van der Waals surface area (Å²) in [5, 5.41) is 16.3. The highest BCUT2D eigenvalue weighted by molar-refractivity contribution is 6.43. The second-order valence-electron chi connectivity index (χ2n) is 8.50. The van der Waals surface area contributed by atoms with Gasteiger partial charge >= 0.3 is 6.09 Å². The zero-order valence-corrected chi connectivity index (χ0v) is 19.9. The van der Waals surface area contributed by atoms with Crippen molar-refractivity contribution in [2.75, 3.05) is 18.0 Å². The van der Waals surface area contributed by atoms with Crippen LogP contribution in [0.2, 0.25) is 10.2 Å². The van der Waals surface area contributed by atoms with Crippen LogP contribution in [0.3, 0.4) is 0 Å². The Labute approximate surface area is 204 Å². The van der Waals surface area contributed by atoms with E-state index >= 15 is 0 Å². The van der Waals surface area contributed by atoms with Gasteiger partial charge in [0.05, 0.1) is 21.3 Å². The van der Waals surface area contributed by atoms with Gasteiger partial charge in [-0.15, -0.1) is 0 Å². The first-order valence-electron chi connectivity index (χ1n) is 10.5. The van der Waals surface area contributed by atoms with E-state index in [1.807, 2.05) is 24.0 Å². The van der Waals surface area contributed by atoms with Gasteiger partial charge in [0.15, 0.2) is 5.69 Å². The molecule has 1 aliphatic rings. The number of hydrogen-bond acceptors (Lipinski definition) is 7. The lowest BCUT2D eigenvalue weighted by atomic mass is 9.93. The molecular weight excluding hydrogens is 479 g/mol. The van der Waals surface area contributed by atoms with Gasteiger partial charge in [0.25, 0.3) is 0 Å². The molecule has 0 saturated carbocycles. The summed E-state index contributed by atoms with van der Waals surface area (Å²) in [7, 11) is 1.75. The number of aromatic amines is 1. The number of fused-ring (bicyclic) bond motifs is 2. The summed E-state index contributed by atoms with van der Waals surface area (Å²) in [6.07, 6.45) is 2.10. The minimum atomic E-state index is -0.788. The van der Waals surface area contributed by atoms with E-state index in [9.17, 15) is 10.1 Å². The van der Waals surface area contributed by atoms with E-state index in [1.54, 1.807) is 17.9 Å². The lowest BCUT2D eigenvalue weighted by molar-refractivity contribution is 0.0125. The molecule has 1 amide bonds. The van der Waals surface area contributed by atoms with Gasteiger partial charge < -0.3 is 20.4 Å². The van der Waals surface area contributed by atoms with Gasteiger partial charge in [0.1, 0.15) is 22.5 Å². The molecule has 0 bridgehead atoms. The van der Waals surface area contributed by atoms with Crippen LogP contribution in [0.25, 0.3) is 33.1 Å². The average molecular weight is 499 g/mol. The number of carbonyl (C=O) groups is 1. The van der Waals surface area contributed by atoms with Crippen molar-refractivity contribution in [3.05, 3.63) is 34.2 Å². The van der Waals surface area contributed by atoms with E-state index in [1.165, 1.54) is 0 Å². The van der Waals surface area contributed by atoms with Crippen molar-refractivity contribution in [3.63, 3.8) is 0 Å². The van der Waals surface area contributed by atoms with Gasteiger partial charge in [-0.1, -0.05) is 29.3 Å². The molecule has 174 valence electrons. The highest BCUT2D eigenvalue weighted by atomic mass is 35.5. The summed E-state index contributed by atoms with van der Waals surface area (Å²) in [5.41, 5.74) is 7.38. The number of nitriles is 1. The van der Waals surface area contributed by atoms with Gasteiger partial charge in [-0.05, 0) is 13.0 Å². The first kappa shape index (κ1) is 22.3. The van der Waals surface area contributed by atoms with E-state index in [-0.39, 0.29) is 5.69 Å². The number of rotatable bonds is 3. The molecule has 0 aliphatic carbocycles. The number of carbonyl (C=O) groups excluding carboxylic acids is 1. The molecule has 0 unspecified atom stereocenters. The normalized spacial score (nSPS) is 15.6. The van der Waals surface area contributed by atoms with Crippen LogP contribution in [-0.2, 0) is 11.8 Å². The fourth-order valence-corrected chi connectivity index (χ4v) is 5.03. The molecule has 5 rings (SSSR count). The highest BCUT2D eigenvalue weighted by Gasteiger charge is 2.34. The van der Waals surface area contributed by atoms with Gasteiger partial charge in [0, 0.05) is 50.3 Å². The van der Waals surface area contributed by atoms with E-state index < -0.39 is 11.7 Å². The number of hydrogen-bond donors (Lipinski definition) is 2. The van der Waals surface area contributed by atoms with Crippen LogP contribution in [0.4, 0.5) is 10.7 Å². The Bertz CT molecular complexity index is 1490. The topological polar surface area (TPSA) is 139 Å². The third kappa shape index (κ3) is 3.57. The minimum Gasteiger partial charge on any atom is -0.443 e. The number of piperidine rings is 1. The largest absolute Gasteiger partial charge is 0.443 e. The predicted octanol–water partition coefficient (Wildman–Crippen LogP) is 4.14. The molecule has 1 fully saturated rings. The van der Waals surface area contributed by atoms with Crippen molar-refractivity contribution in [2.24, 2.45) is 12.8 Å². The molecule has 4 heterocycles. The summed E-state index contributed by atoms with van der Waals surface area (Å²) in [6, 6.07) is 5.87. The van der Waals surface area contributed by atoms with Crippen molar-refractivity contribution < 1.29 is 9.53 Å². The Kier molecular flexibility index (Phi) is 5.26. The highest BCUT2D eigenvalue weighted by Crippen LogP contribution is 2.41. The molecule has 34 heavy (non-hydrogen) atoms.